The smallest absolute Gasteiger partial charge is 0.294 e. The fourth-order valence-electron chi connectivity index (χ4n) is 1.67. The summed E-state index contributed by atoms with van der Waals surface area (Å²) in [5.74, 6) is -0.581. The Bertz CT molecular complexity index is 693. The van der Waals surface area contributed by atoms with Crippen molar-refractivity contribution in [3.8, 4) is 10.6 Å². The summed E-state index contributed by atoms with van der Waals surface area (Å²) in [5, 5.41) is 10.0. The highest BCUT2D eigenvalue weighted by Crippen LogP contribution is 2.35. The lowest BCUT2D eigenvalue weighted by atomic mass is 10.2. The van der Waals surface area contributed by atoms with E-state index in [4.69, 9.17) is 23.2 Å². The molecule has 9 heteroatoms. The number of thiazole rings is 1. The van der Waals surface area contributed by atoms with Crippen molar-refractivity contribution < 1.29 is 14.3 Å². The molecule has 0 fully saturated rings. The summed E-state index contributed by atoms with van der Waals surface area (Å²) in [4.78, 5) is 19.5. The zero-order valence-electron chi connectivity index (χ0n) is 10.7. The normalized spacial score (nSPS) is 10.7. The van der Waals surface area contributed by atoms with E-state index >= 15 is 0 Å². The minimum Gasteiger partial charge on any atom is -0.314 e. The van der Waals surface area contributed by atoms with E-state index < -0.39 is 10.9 Å². The van der Waals surface area contributed by atoms with Gasteiger partial charge in [-0.2, -0.15) is 0 Å². The van der Waals surface area contributed by atoms with E-state index in [9.17, 15) is 14.5 Å². The van der Waals surface area contributed by atoms with E-state index in [1.54, 1.807) is 6.92 Å². The quantitative estimate of drug-likeness (QED) is 0.457. The van der Waals surface area contributed by atoms with Crippen LogP contribution < -0.4 is 0 Å². The fourth-order valence-corrected chi connectivity index (χ4v) is 3.28. The summed E-state index contributed by atoms with van der Waals surface area (Å²) in [6, 6.07) is 2.54. The molecule has 2 rings (SSSR count). The predicted molar refractivity (Wildman–Crippen MR) is 78.9 cm³/mol. The standard InChI is InChI=1S/C12H9Cl2FN2O3S/c1-6-11(2-3-20-17(18)19)21-12(16-6)7-4-10(15)9(14)5-8(7)13/h4-5H,2-3H2,1H3. The number of hydrogen-bond donors (Lipinski definition) is 0. The fraction of sp³-hybridized carbons (Fsp3) is 0.250. The molecule has 0 aliphatic heterocycles. The lowest BCUT2D eigenvalue weighted by Gasteiger charge is -2.02. The molecule has 112 valence electrons. The van der Waals surface area contributed by atoms with Crippen LogP contribution in [0.25, 0.3) is 10.6 Å². The summed E-state index contributed by atoms with van der Waals surface area (Å²) >= 11 is 13.0. The highest BCUT2D eigenvalue weighted by molar-refractivity contribution is 7.15. The van der Waals surface area contributed by atoms with Crippen LogP contribution in [0.2, 0.25) is 10.0 Å². The van der Waals surface area contributed by atoms with Crippen LogP contribution in [0.4, 0.5) is 4.39 Å². The molecular formula is C12H9Cl2FN2O3S. The van der Waals surface area contributed by atoms with Crippen LogP contribution in [0.3, 0.4) is 0 Å². The van der Waals surface area contributed by atoms with Crippen LogP contribution in [-0.2, 0) is 11.3 Å². The van der Waals surface area contributed by atoms with Crippen LogP contribution in [0, 0.1) is 22.9 Å². The molecule has 0 radical (unpaired) electrons. The van der Waals surface area contributed by atoms with Gasteiger partial charge in [-0.3, -0.25) is 0 Å². The predicted octanol–water partition coefficient (Wildman–Crippen LogP) is 4.32. The van der Waals surface area contributed by atoms with Gasteiger partial charge in [0.25, 0.3) is 5.09 Å². The van der Waals surface area contributed by atoms with Gasteiger partial charge in [0.1, 0.15) is 17.4 Å². The molecule has 0 spiro atoms. The number of nitrogens with zero attached hydrogens (tertiary/aromatic N) is 2. The molecule has 1 aromatic heterocycles. The third-order valence-corrected chi connectivity index (χ3v) is 4.51. The van der Waals surface area contributed by atoms with Crippen LogP contribution in [0.5, 0.6) is 0 Å². The molecule has 21 heavy (non-hydrogen) atoms. The summed E-state index contributed by atoms with van der Waals surface area (Å²) in [6.07, 6.45) is 0.345. The molecule has 0 unspecified atom stereocenters. The zero-order chi connectivity index (χ0) is 15.6. The maximum Gasteiger partial charge on any atom is 0.294 e. The van der Waals surface area contributed by atoms with Crippen molar-refractivity contribution in [2.45, 2.75) is 13.3 Å². The molecule has 0 aliphatic carbocycles. The molecule has 0 saturated carbocycles. The number of halogens is 3. The lowest BCUT2D eigenvalue weighted by Crippen LogP contribution is -2.04. The van der Waals surface area contributed by atoms with E-state index in [2.05, 4.69) is 9.82 Å². The maximum atomic E-state index is 13.5. The van der Waals surface area contributed by atoms with Crippen LogP contribution in [-0.4, -0.2) is 16.7 Å². The molecule has 1 aromatic carbocycles. The Morgan fingerprint density at radius 3 is 2.81 bits per heavy atom. The molecular weight excluding hydrogens is 342 g/mol. The van der Waals surface area contributed by atoms with Gasteiger partial charge >= 0.3 is 0 Å². The van der Waals surface area contributed by atoms with E-state index in [-0.39, 0.29) is 11.6 Å². The van der Waals surface area contributed by atoms with Crippen molar-refractivity contribution in [2.24, 2.45) is 0 Å². The van der Waals surface area contributed by atoms with Crippen molar-refractivity contribution in [1.29, 1.82) is 0 Å². The first-order valence-electron chi connectivity index (χ1n) is 5.77. The van der Waals surface area contributed by atoms with Crippen molar-refractivity contribution in [1.82, 2.24) is 4.98 Å². The van der Waals surface area contributed by atoms with Gasteiger partial charge in [0.15, 0.2) is 0 Å². The van der Waals surface area contributed by atoms with Gasteiger partial charge in [-0.15, -0.1) is 21.5 Å². The summed E-state index contributed by atoms with van der Waals surface area (Å²) in [5.41, 5.74) is 1.14. The Labute approximate surface area is 133 Å². The van der Waals surface area contributed by atoms with Crippen LogP contribution >= 0.6 is 34.5 Å². The van der Waals surface area contributed by atoms with Gasteiger partial charge in [0.05, 0.1) is 15.7 Å². The second-order valence-corrected chi connectivity index (χ2v) is 5.98. The SMILES string of the molecule is Cc1nc(-c2cc(F)c(Cl)cc2Cl)sc1CCO[N+](=O)[O-]. The number of aromatic nitrogens is 1. The molecule has 0 bridgehead atoms. The third-order valence-electron chi connectivity index (χ3n) is 2.66. The molecule has 0 N–H and O–H groups in total. The number of benzene rings is 1. The van der Waals surface area contributed by atoms with E-state index in [0.29, 0.717) is 27.7 Å². The highest BCUT2D eigenvalue weighted by atomic mass is 35.5. The monoisotopic (exact) mass is 350 g/mol. The number of rotatable bonds is 5. The number of hydrogen-bond acceptors (Lipinski definition) is 5. The van der Waals surface area contributed by atoms with Gasteiger partial charge in [-0.1, -0.05) is 23.2 Å². The summed E-state index contributed by atoms with van der Waals surface area (Å²) in [6.45, 7) is 1.71. The van der Waals surface area contributed by atoms with Gasteiger partial charge in [0, 0.05) is 16.9 Å². The molecule has 0 amide bonds. The van der Waals surface area contributed by atoms with Gasteiger partial charge in [0.2, 0.25) is 0 Å². The Kier molecular flexibility index (Phi) is 4.97. The van der Waals surface area contributed by atoms with Gasteiger partial charge in [-0.05, 0) is 19.1 Å². The summed E-state index contributed by atoms with van der Waals surface area (Å²) in [7, 11) is 0. The lowest BCUT2D eigenvalue weighted by molar-refractivity contribution is -0.757. The highest BCUT2D eigenvalue weighted by Gasteiger charge is 2.15. The van der Waals surface area contributed by atoms with Crippen molar-refractivity contribution in [3.63, 3.8) is 0 Å². The minimum atomic E-state index is -0.845. The topological polar surface area (TPSA) is 65.3 Å². The Morgan fingerprint density at radius 2 is 2.14 bits per heavy atom. The van der Waals surface area contributed by atoms with Gasteiger partial charge < -0.3 is 4.84 Å². The average Bonchev–Trinajstić information content (AvgIpc) is 2.75. The first-order valence-corrected chi connectivity index (χ1v) is 7.34. The Balaban J connectivity index is 2.26. The Hall–Kier alpha value is -1.44. The van der Waals surface area contributed by atoms with Crippen LogP contribution in [0.15, 0.2) is 12.1 Å². The van der Waals surface area contributed by atoms with Crippen molar-refractivity contribution in [2.75, 3.05) is 6.61 Å². The van der Waals surface area contributed by atoms with Crippen LogP contribution in [0.1, 0.15) is 10.6 Å². The largest absolute Gasteiger partial charge is 0.314 e. The first-order chi connectivity index (χ1) is 9.88. The van der Waals surface area contributed by atoms with Crippen molar-refractivity contribution in [3.05, 3.63) is 48.7 Å². The molecule has 0 aliphatic rings. The van der Waals surface area contributed by atoms with E-state index in [1.807, 2.05) is 0 Å². The van der Waals surface area contributed by atoms with E-state index in [0.717, 1.165) is 4.88 Å². The molecule has 1 heterocycles. The molecule has 0 saturated heterocycles. The molecule has 2 aromatic rings. The first kappa shape index (κ1) is 15.9. The Morgan fingerprint density at radius 1 is 1.43 bits per heavy atom. The second-order valence-electron chi connectivity index (χ2n) is 4.08. The molecule has 5 nitrogen and oxygen atoms in total. The van der Waals surface area contributed by atoms with Gasteiger partial charge in [-0.25, -0.2) is 9.37 Å². The average molecular weight is 351 g/mol. The second kappa shape index (κ2) is 6.55. The zero-order valence-corrected chi connectivity index (χ0v) is 13.1. The van der Waals surface area contributed by atoms with E-state index in [1.165, 1.54) is 23.5 Å². The third kappa shape index (κ3) is 3.81. The molecule has 0 atom stereocenters. The minimum absolute atomic E-state index is 0.0574. The van der Waals surface area contributed by atoms with Crippen molar-refractivity contribution >= 4 is 34.5 Å². The number of aryl methyl sites for hydroxylation is 1. The summed E-state index contributed by atoms with van der Waals surface area (Å²) < 4.78 is 13.5. The maximum absolute atomic E-state index is 13.5.